The van der Waals surface area contributed by atoms with Gasteiger partial charge in [-0.1, -0.05) is 19.1 Å². The number of hydrogen-bond acceptors (Lipinski definition) is 7. The molecule has 0 bridgehead atoms. The number of rotatable bonds is 10. The van der Waals surface area contributed by atoms with Crippen LogP contribution in [-0.2, 0) is 0 Å². The second-order valence-electron chi connectivity index (χ2n) is 7.78. The van der Waals surface area contributed by atoms with Crippen molar-refractivity contribution in [3.8, 4) is 17.0 Å². The molecule has 3 rings (SSSR count). The molecule has 3 N–H and O–H groups in total. The van der Waals surface area contributed by atoms with Crippen molar-refractivity contribution in [1.29, 1.82) is 0 Å². The summed E-state index contributed by atoms with van der Waals surface area (Å²) in [6.45, 7) is 3.41. The second-order valence-corrected chi connectivity index (χ2v) is 7.78. The normalized spacial score (nSPS) is 11.7. The molecule has 1 aromatic carbocycles. The number of nitrogens with zero attached hydrogens (tertiary/aromatic N) is 4. The lowest BCUT2D eigenvalue weighted by molar-refractivity contribution is 0.250. The molecular weight excluding hydrogens is 418 g/mol. The summed E-state index contributed by atoms with van der Waals surface area (Å²) in [5.41, 5.74) is 3.19. The Morgan fingerprint density at radius 1 is 1.15 bits per heavy atom. The van der Waals surface area contributed by atoms with Gasteiger partial charge in [-0.15, -0.1) is 0 Å². The van der Waals surface area contributed by atoms with Crippen molar-refractivity contribution in [1.82, 2.24) is 25.2 Å². The average Bonchev–Trinajstić information content (AvgIpc) is 2.83. The van der Waals surface area contributed by atoms with Crippen LogP contribution in [0, 0.1) is 0 Å². The van der Waals surface area contributed by atoms with E-state index >= 15 is 0 Å². The molecule has 2 amide bonds. The van der Waals surface area contributed by atoms with Gasteiger partial charge >= 0.3 is 6.03 Å². The van der Waals surface area contributed by atoms with Crippen molar-refractivity contribution in [3.05, 3.63) is 60.7 Å². The highest BCUT2D eigenvalue weighted by molar-refractivity contribution is 5.91. The Hall–Kier alpha value is -3.72. The van der Waals surface area contributed by atoms with Crippen LogP contribution >= 0.6 is 0 Å². The summed E-state index contributed by atoms with van der Waals surface area (Å²) in [6.07, 6.45) is 7.89. The molecule has 0 spiro atoms. The predicted molar refractivity (Wildman–Crippen MR) is 130 cm³/mol. The quantitative estimate of drug-likeness (QED) is 0.432. The van der Waals surface area contributed by atoms with Gasteiger partial charge in [0.25, 0.3) is 0 Å². The van der Waals surface area contributed by atoms with Crippen LogP contribution in [0.15, 0.2) is 55.1 Å². The zero-order valence-corrected chi connectivity index (χ0v) is 19.5. The third kappa shape index (κ3) is 6.88. The van der Waals surface area contributed by atoms with Crippen LogP contribution in [0.3, 0.4) is 0 Å². The van der Waals surface area contributed by atoms with Gasteiger partial charge in [-0.25, -0.2) is 9.78 Å². The lowest BCUT2D eigenvalue weighted by Gasteiger charge is -2.18. The molecule has 0 saturated carbocycles. The van der Waals surface area contributed by atoms with Crippen LogP contribution in [0.4, 0.5) is 16.3 Å². The Morgan fingerprint density at radius 3 is 2.70 bits per heavy atom. The van der Waals surface area contributed by atoms with Crippen LogP contribution in [0.25, 0.3) is 11.3 Å². The number of amides is 2. The molecule has 2 heterocycles. The fourth-order valence-corrected chi connectivity index (χ4v) is 3.27. The number of likely N-dealkylation sites (N-methyl/N-ethyl adjacent to an activating group) is 1. The summed E-state index contributed by atoms with van der Waals surface area (Å²) in [4.78, 5) is 27.5. The first-order chi connectivity index (χ1) is 16.0. The van der Waals surface area contributed by atoms with Crippen LogP contribution in [0.2, 0.25) is 0 Å². The van der Waals surface area contributed by atoms with Crippen molar-refractivity contribution in [3.63, 3.8) is 0 Å². The first kappa shape index (κ1) is 23.9. The van der Waals surface area contributed by atoms with E-state index in [-0.39, 0.29) is 12.1 Å². The molecule has 0 aliphatic heterocycles. The molecule has 0 fully saturated rings. The topological polar surface area (TPSA) is 104 Å². The SMILES string of the molecule is CCC(Nc1cncc(-c2ccc(NC(=O)NCCN(C)C)c(OC)c2)n1)c1cccnc1. The summed E-state index contributed by atoms with van der Waals surface area (Å²) in [5.74, 6) is 1.21. The lowest BCUT2D eigenvalue weighted by atomic mass is 10.1. The molecule has 1 unspecified atom stereocenters. The van der Waals surface area contributed by atoms with E-state index in [1.54, 1.807) is 31.8 Å². The molecule has 0 saturated heterocycles. The lowest BCUT2D eigenvalue weighted by Crippen LogP contribution is -2.34. The van der Waals surface area contributed by atoms with Crippen molar-refractivity contribution < 1.29 is 9.53 Å². The number of pyridine rings is 1. The minimum Gasteiger partial charge on any atom is -0.495 e. The maximum atomic E-state index is 12.2. The molecule has 0 radical (unpaired) electrons. The Labute approximate surface area is 194 Å². The van der Waals surface area contributed by atoms with Gasteiger partial charge in [-0.2, -0.15) is 0 Å². The standard InChI is InChI=1S/C24H31N7O2/c1-5-19(18-7-6-10-25-14-18)28-23-16-26-15-21(29-23)17-8-9-20(22(13-17)33-4)30-24(32)27-11-12-31(2)3/h6-10,13-16,19H,5,11-12H2,1-4H3,(H,28,29)(H2,27,30,32). The number of ether oxygens (including phenoxy) is 1. The van der Waals surface area contributed by atoms with Gasteiger partial charge in [0, 0.05) is 31.0 Å². The first-order valence-electron chi connectivity index (χ1n) is 10.9. The van der Waals surface area contributed by atoms with Gasteiger partial charge in [0.05, 0.1) is 36.9 Å². The molecule has 0 aliphatic carbocycles. The molecule has 2 aromatic heterocycles. The third-order valence-corrected chi connectivity index (χ3v) is 5.04. The second kappa shape index (κ2) is 11.8. The Kier molecular flexibility index (Phi) is 8.54. The summed E-state index contributed by atoms with van der Waals surface area (Å²) in [6, 6.07) is 9.27. The van der Waals surface area contributed by atoms with E-state index in [9.17, 15) is 4.79 Å². The monoisotopic (exact) mass is 449 g/mol. The van der Waals surface area contributed by atoms with E-state index in [0.717, 1.165) is 24.1 Å². The van der Waals surface area contributed by atoms with Crippen LogP contribution in [0.5, 0.6) is 5.75 Å². The minimum absolute atomic E-state index is 0.0790. The molecular formula is C24H31N7O2. The molecule has 0 aliphatic rings. The largest absolute Gasteiger partial charge is 0.495 e. The van der Waals surface area contributed by atoms with E-state index in [1.807, 2.05) is 49.5 Å². The first-order valence-corrected chi connectivity index (χ1v) is 10.9. The maximum Gasteiger partial charge on any atom is 0.319 e. The number of benzene rings is 1. The van der Waals surface area contributed by atoms with E-state index in [1.165, 1.54) is 0 Å². The summed E-state index contributed by atoms with van der Waals surface area (Å²) in [7, 11) is 5.48. The molecule has 3 aromatic rings. The highest BCUT2D eigenvalue weighted by Crippen LogP contribution is 2.30. The van der Waals surface area contributed by atoms with Gasteiger partial charge < -0.3 is 25.6 Å². The number of nitrogens with one attached hydrogen (secondary N) is 3. The molecule has 174 valence electrons. The predicted octanol–water partition coefficient (Wildman–Crippen LogP) is 3.79. The Morgan fingerprint density at radius 2 is 2.00 bits per heavy atom. The summed E-state index contributed by atoms with van der Waals surface area (Å²) in [5, 5.41) is 9.09. The average molecular weight is 450 g/mol. The number of urea groups is 1. The molecule has 33 heavy (non-hydrogen) atoms. The number of hydrogen-bond donors (Lipinski definition) is 3. The number of carbonyl (C=O) groups is 1. The fraction of sp³-hybridized carbons (Fsp3) is 0.333. The van der Waals surface area contributed by atoms with Gasteiger partial charge in [-0.05, 0) is 44.3 Å². The zero-order valence-electron chi connectivity index (χ0n) is 19.5. The number of aromatic nitrogens is 3. The number of methoxy groups -OCH3 is 1. The Bertz CT molecular complexity index is 1040. The smallest absolute Gasteiger partial charge is 0.319 e. The van der Waals surface area contributed by atoms with Gasteiger partial charge in [0.2, 0.25) is 0 Å². The molecule has 9 heteroatoms. The molecule has 9 nitrogen and oxygen atoms in total. The highest BCUT2D eigenvalue weighted by atomic mass is 16.5. The van der Waals surface area contributed by atoms with E-state index < -0.39 is 0 Å². The number of carbonyl (C=O) groups excluding carboxylic acids is 1. The van der Waals surface area contributed by atoms with Gasteiger partial charge in [0.1, 0.15) is 11.6 Å². The summed E-state index contributed by atoms with van der Waals surface area (Å²) < 4.78 is 5.50. The van der Waals surface area contributed by atoms with Gasteiger partial charge in [-0.3, -0.25) is 9.97 Å². The highest BCUT2D eigenvalue weighted by Gasteiger charge is 2.13. The van der Waals surface area contributed by atoms with Crippen molar-refractivity contribution >= 4 is 17.5 Å². The van der Waals surface area contributed by atoms with Crippen LogP contribution in [-0.4, -0.2) is 60.2 Å². The van der Waals surface area contributed by atoms with Gasteiger partial charge in [0.15, 0.2) is 0 Å². The van der Waals surface area contributed by atoms with E-state index in [4.69, 9.17) is 9.72 Å². The third-order valence-electron chi connectivity index (χ3n) is 5.04. The maximum absolute atomic E-state index is 12.2. The molecule has 1 atom stereocenters. The Balaban J connectivity index is 1.73. The summed E-state index contributed by atoms with van der Waals surface area (Å²) >= 11 is 0. The van der Waals surface area contributed by atoms with Crippen molar-refractivity contribution in [2.24, 2.45) is 0 Å². The van der Waals surface area contributed by atoms with Crippen molar-refractivity contribution in [2.45, 2.75) is 19.4 Å². The minimum atomic E-state index is -0.283. The fourth-order valence-electron chi connectivity index (χ4n) is 3.27. The van der Waals surface area contributed by atoms with E-state index in [0.29, 0.717) is 29.5 Å². The zero-order chi connectivity index (χ0) is 23.6. The van der Waals surface area contributed by atoms with Crippen LogP contribution in [0.1, 0.15) is 24.9 Å². The van der Waals surface area contributed by atoms with E-state index in [2.05, 4.69) is 32.8 Å². The van der Waals surface area contributed by atoms with Crippen LogP contribution < -0.4 is 20.7 Å². The number of anilines is 2. The van der Waals surface area contributed by atoms with Crippen molar-refractivity contribution in [2.75, 3.05) is 44.9 Å².